The summed E-state index contributed by atoms with van der Waals surface area (Å²) in [7, 11) is -4.07. The molecule has 1 N–H and O–H groups in total. The lowest BCUT2D eigenvalue weighted by Crippen LogP contribution is -2.52. The van der Waals surface area contributed by atoms with Crippen molar-refractivity contribution in [3.63, 3.8) is 0 Å². The number of nitrogens with zero attached hydrogens (tertiary/aromatic N) is 2. The molecule has 1 atom stereocenters. The summed E-state index contributed by atoms with van der Waals surface area (Å²) < 4.78 is 28.6. The summed E-state index contributed by atoms with van der Waals surface area (Å²) in [5.74, 6) is -0.740. The van der Waals surface area contributed by atoms with Gasteiger partial charge in [-0.25, -0.2) is 8.42 Å². The summed E-state index contributed by atoms with van der Waals surface area (Å²) in [5.41, 5.74) is 2.11. The van der Waals surface area contributed by atoms with Gasteiger partial charge in [0, 0.05) is 17.6 Å². The van der Waals surface area contributed by atoms with Crippen molar-refractivity contribution < 1.29 is 18.0 Å². The Hall–Kier alpha value is -3.36. The smallest absolute Gasteiger partial charge is 0.264 e. The van der Waals surface area contributed by atoms with Crippen molar-refractivity contribution in [2.75, 3.05) is 10.8 Å². The lowest BCUT2D eigenvalue weighted by Gasteiger charge is -2.32. The zero-order valence-corrected chi connectivity index (χ0v) is 23.8. The molecule has 0 unspecified atom stereocenters. The van der Waals surface area contributed by atoms with E-state index in [4.69, 9.17) is 11.6 Å². The molecule has 1 fully saturated rings. The average Bonchev–Trinajstić information content (AvgIpc) is 3.45. The van der Waals surface area contributed by atoms with Crippen LogP contribution in [0.4, 0.5) is 5.69 Å². The van der Waals surface area contributed by atoms with Gasteiger partial charge < -0.3 is 10.2 Å². The van der Waals surface area contributed by atoms with Gasteiger partial charge >= 0.3 is 0 Å². The number of halogens is 1. The van der Waals surface area contributed by atoms with E-state index in [9.17, 15) is 18.0 Å². The highest BCUT2D eigenvalue weighted by Gasteiger charge is 2.33. The molecule has 1 saturated carbocycles. The van der Waals surface area contributed by atoms with Crippen LogP contribution >= 0.6 is 11.6 Å². The van der Waals surface area contributed by atoms with Gasteiger partial charge in [0.1, 0.15) is 12.6 Å². The molecule has 206 valence electrons. The van der Waals surface area contributed by atoms with Crippen LogP contribution in [-0.4, -0.2) is 43.8 Å². The zero-order chi connectivity index (χ0) is 28.0. The van der Waals surface area contributed by atoms with Gasteiger partial charge in [-0.05, 0) is 68.7 Å². The Bertz CT molecular complexity index is 1370. The number of sulfonamides is 1. The van der Waals surface area contributed by atoms with E-state index < -0.39 is 28.5 Å². The molecule has 0 heterocycles. The summed E-state index contributed by atoms with van der Waals surface area (Å²) in [5, 5.41) is 3.63. The Balaban J connectivity index is 1.66. The van der Waals surface area contributed by atoms with Crippen molar-refractivity contribution in [2.45, 2.75) is 63.1 Å². The van der Waals surface area contributed by atoms with Gasteiger partial charge in [0.15, 0.2) is 0 Å². The van der Waals surface area contributed by atoms with Crippen LogP contribution in [0.15, 0.2) is 83.8 Å². The standard InChI is InChI=1S/C30H34ClN3O4S/c1-22-12-18-27(19-13-22)34(39(37,38)28-10-4-3-5-11-28)21-29(35)33(20-24-14-16-25(31)17-15-24)23(2)30(36)32-26-8-6-7-9-26/h3-5,10-19,23,26H,6-9,20-21H2,1-2H3,(H,32,36)/t23-/m0/s1. The second kappa shape index (κ2) is 12.7. The number of hydrogen-bond donors (Lipinski definition) is 1. The Morgan fingerprint density at radius 2 is 1.56 bits per heavy atom. The van der Waals surface area contributed by atoms with Gasteiger partial charge in [-0.3, -0.25) is 13.9 Å². The highest BCUT2D eigenvalue weighted by Crippen LogP contribution is 2.25. The predicted molar refractivity (Wildman–Crippen MR) is 154 cm³/mol. The van der Waals surface area contributed by atoms with Crippen LogP contribution in [-0.2, 0) is 26.2 Å². The Kier molecular flexibility index (Phi) is 9.30. The SMILES string of the molecule is Cc1ccc(N(CC(=O)N(Cc2ccc(Cl)cc2)[C@@H](C)C(=O)NC2CCCC2)S(=O)(=O)c2ccccc2)cc1. The Labute approximate surface area is 235 Å². The van der Waals surface area contributed by atoms with E-state index >= 15 is 0 Å². The van der Waals surface area contributed by atoms with Crippen molar-refractivity contribution in [1.82, 2.24) is 10.2 Å². The largest absolute Gasteiger partial charge is 0.352 e. The normalized spacial score (nSPS) is 14.5. The first-order valence-electron chi connectivity index (χ1n) is 13.1. The fourth-order valence-electron chi connectivity index (χ4n) is 4.72. The summed E-state index contributed by atoms with van der Waals surface area (Å²) in [4.78, 5) is 28.7. The highest BCUT2D eigenvalue weighted by molar-refractivity contribution is 7.92. The molecule has 0 aliphatic heterocycles. The van der Waals surface area contributed by atoms with Gasteiger partial charge in [0.2, 0.25) is 11.8 Å². The van der Waals surface area contributed by atoms with Crippen LogP contribution in [0.1, 0.15) is 43.7 Å². The first-order valence-corrected chi connectivity index (χ1v) is 15.0. The number of anilines is 1. The van der Waals surface area contributed by atoms with Gasteiger partial charge in [0.05, 0.1) is 10.6 Å². The van der Waals surface area contributed by atoms with Crippen molar-refractivity contribution in [3.8, 4) is 0 Å². The summed E-state index contributed by atoms with van der Waals surface area (Å²) in [6.07, 6.45) is 3.96. The summed E-state index contributed by atoms with van der Waals surface area (Å²) in [6.45, 7) is 3.25. The number of benzene rings is 3. The summed E-state index contributed by atoms with van der Waals surface area (Å²) >= 11 is 6.06. The molecule has 0 spiro atoms. The Morgan fingerprint density at radius 3 is 2.18 bits per heavy atom. The minimum Gasteiger partial charge on any atom is -0.352 e. The van der Waals surface area contributed by atoms with Gasteiger partial charge in [0.25, 0.3) is 10.0 Å². The third-order valence-corrected chi connectivity index (χ3v) is 9.11. The molecule has 7 nitrogen and oxygen atoms in total. The van der Waals surface area contributed by atoms with Crippen LogP contribution in [0.2, 0.25) is 5.02 Å². The lowest BCUT2D eigenvalue weighted by molar-refractivity contribution is -0.139. The molecular weight excluding hydrogens is 534 g/mol. The second-order valence-corrected chi connectivity index (χ2v) is 12.3. The number of amides is 2. The molecule has 0 saturated heterocycles. The summed E-state index contributed by atoms with van der Waals surface area (Å²) in [6, 6.07) is 21.3. The average molecular weight is 568 g/mol. The molecule has 0 radical (unpaired) electrons. The fraction of sp³-hybridized carbons (Fsp3) is 0.333. The molecule has 0 aromatic heterocycles. The van der Waals surface area contributed by atoms with Crippen LogP contribution in [0.5, 0.6) is 0 Å². The molecule has 39 heavy (non-hydrogen) atoms. The monoisotopic (exact) mass is 567 g/mol. The maximum absolute atomic E-state index is 13.9. The zero-order valence-electron chi connectivity index (χ0n) is 22.2. The van der Waals surface area contributed by atoms with Crippen LogP contribution in [0.25, 0.3) is 0 Å². The third-order valence-electron chi connectivity index (χ3n) is 7.07. The first kappa shape index (κ1) is 28.6. The van der Waals surface area contributed by atoms with Gasteiger partial charge in [-0.15, -0.1) is 0 Å². The maximum Gasteiger partial charge on any atom is 0.264 e. The number of hydrogen-bond acceptors (Lipinski definition) is 4. The fourth-order valence-corrected chi connectivity index (χ4v) is 6.28. The molecule has 3 aromatic rings. The topological polar surface area (TPSA) is 86.8 Å². The molecule has 3 aromatic carbocycles. The van der Waals surface area contributed by atoms with E-state index in [1.165, 1.54) is 17.0 Å². The number of nitrogens with one attached hydrogen (secondary N) is 1. The molecule has 4 rings (SSSR count). The molecule has 1 aliphatic rings. The second-order valence-electron chi connectivity index (χ2n) is 9.97. The first-order chi connectivity index (χ1) is 18.6. The van der Waals surface area contributed by atoms with E-state index in [1.54, 1.807) is 73.7 Å². The quantitative estimate of drug-likeness (QED) is 0.359. The minimum absolute atomic E-state index is 0.0784. The molecule has 1 aliphatic carbocycles. The van der Waals surface area contributed by atoms with Crippen molar-refractivity contribution >= 4 is 39.1 Å². The van der Waals surface area contributed by atoms with E-state index in [1.807, 2.05) is 6.92 Å². The van der Waals surface area contributed by atoms with Crippen LogP contribution in [0.3, 0.4) is 0 Å². The van der Waals surface area contributed by atoms with E-state index in [0.29, 0.717) is 10.7 Å². The van der Waals surface area contributed by atoms with E-state index in [0.717, 1.165) is 41.1 Å². The van der Waals surface area contributed by atoms with Gasteiger partial charge in [-0.2, -0.15) is 0 Å². The van der Waals surface area contributed by atoms with Crippen molar-refractivity contribution in [1.29, 1.82) is 0 Å². The molecule has 0 bridgehead atoms. The predicted octanol–water partition coefficient (Wildman–Crippen LogP) is 5.32. The Morgan fingerprint density at radius 1 is 0.949 bits per heavy atom. The van der Waals surface area contributed by atoms with Crippen LogP contribution in [0, 0.1) is 6.92 Å². The highest BCUT2D eigenvalue weighted by atomic mass is 35.5. The van der Waals surface area contributed by atoms with E-state index in [-0.39, 0.29) is 23.4 Å². The number of carbonyl (C=O) groups is 2. The van der Waals surface area contributed by atoms with E-state index in [2.05, 4.69) is 5.32 Å². The maximum atomic E-state index is 13.9. The molecule has 2 amide bonds. The molecule has 9 heteroatoms. The minimum atomic E-state index is -4.07. The van der Waals surface area contributed by atoms with Crippen LogP contribution < -0.4 is 9.62 Å². The number of carbonyl (C=O) groups excluding carboxylic acids is 2. The lowest BCUT2D eigenvalue weighted by atomic mass is 10.1. The van der Waals surface area contributed by atoms with Crippen molar-refractivity contribution in [2.24, 2.45) is 0 Å². The molecular formula is C30H34ClN3O4S. The van der Waals surface area contributed by atoms with Gasteiger partial charge in [-0.1, -0.05) is 72.5 Å². The number of aryl methyl sites for hydroxylation is 1. The number of rotatable bonds is 10. The van der Waals surface area contributed by atoms with Crippen molar-refractivity contribution in [3.05, 3.63) is 95.0 Å². The third kappa shape index (κ3) is 7.19.